The first-order valence-electron chi connectivity index (χ1n) is 6.37. The number of hydrogen-bond acceptors (Lipinski definition) is 3. The minimum Gasteiger partial charge on any atom is -0.456 e. The first kappa shape index (κ1) is 14.8. The van der Waals surface area contributed by atoms with Crippen LogP contribution in [0.4, 0.5) is 0 Å². The molecule has 0 aliphatic carbocycles. The molecule has 0 saturated carbocycles. The molecule has 0 saturated heterocycles. The van der Waals surface area contributed by atoms with E-state index in [9.17, 15) is 9.90 Å². The molecular formula is C14H23NO3. The van der Waals surface area contributed by atoms with E-state index in [0.717, 1.165) is 6.42 Å². The van der Waals surface area contributed by atoms with Crippen LogP contribution in [0.1, 0.15) is 49.9 Å². The van der Waals surface area contributed by atoms with Gasteiger partial charge in [0.15, 0.2) is 5.76 Å². The summed E-state index contributed by atoms with van der Waals surface area (Å²) in [5, 5.41) is 12.8. The molecule has 102 valence electrons. The van der Waals surface area contributed by atoms with Crippen LogP contribution < -0.4 is 5.32 Å². The Morgan fingerprint density at radius 2 is 2.17 bits per heavy atom. The summed E-state index contributed by atoms with van der Waals surface area (Å²) in [5.41, 5.74) is -0.873. The Kier molecular flexibility index (Phi) is 4.96. The second-order valence-corrected chi connectivity index (χ2v) is 5.52. The fourth-order valence-electron chi connectivity index (χ4n) is 1.60. The molecule has 1 aromatic heterocycles. The van der Waals surface area contributed by atoms with Crippen molar-refractivity contribution in [2.24, 2.45) is 5.92 Å². The van der Waals surface area contributed by atoms with Gasteiger partial charge in [0.05, 0.1) is 5.60 Å². The third-order valence-corrected chi connectivity index (χ3v) is 2.85. The van der Waals surface area contributed by atoms with E-state index >= 15 is 0 Å². The smallest absolute Gasteiger partial charge is 0.287 e. The van der Waals surface area contributed by atoms with Gasteiger partial charge < -0.3 is 14.8 Å². The highest BCUT2D eigenvalue weighted by atomic mass is 16.3. The molecular weight excluding hydrogens is 230 g/mol. The van der Waals surface area contributed by atoms with E-state index < -0.39 is 5.60 Å². The molecule has 2 N–H and O–H groups in total. The van der Waals surface area contributed by atoms with E-state index in [1.54, 1.807) is 26.0 Å². The molecule has 0 aromatic carbocycles. The Morgan fingerprint density at radius 3 is 2.67 bits per heavy atom. The van der Waals surface area contributed by atoms with E-state index in [2.05, 4.69) is 19.2 Å². The second-order valence-electron chi connectivity index (χ2n) is 5.52. The Balaban J connectivity index is 2.42. The molecule has 0 spiro atoms. The quantitative estimate of drug-likeness (QED) is 0.818. The molecule has 1 amide bonds. The van der Waals surface area contributed by atoms with Crippen LogP contribution in [-0.2, 0) is 0 Å². The van der Waals surface area contributed by atoms with E-state index in [1.807, 2.05) is 0 Å². The molecule has 0 aliphatic heterocycles. The lowest BCUT2D eigenvalue weighted by Gasteiger charge is -2.24. The molecule has 4 heteroatoms. The van der Waals surface area contributed by atoms with Gasteiger partial charge in [-0.1, -0.05) is 13.8 Å². The molecule has 1 atom stereocenters. The van der Waals surface area contributed by atoms with Gasteiger partial charge in [-0.3, -0.25) is 4.79 Å². The lowest BCUT2D eigenvalue weighted by atomic mass is 9.95. The summed E-state index contributed by atoms with van der Waals surface area (Å²) in [4.78, 5) is 11.7. The van der Waals surface area contributed by atoms with Crippen molar-refractivity contribution < 1.29 is 14.3 Å². The molecule has 0 fully saturated rings. The van der Waals surface area contributed by atoms with Crippen molar-refractivity contribution in [2.75, 3.05) is 6.54 Å². The van der Waals surface area contributed by atoms with Crippen LogP contribution in [0.25, 0.3) is 0 Å². The highest BCUT2D eigenvalue weighted by molar-refractivity contribution is 5.91. The fraction of sp³-hybridized carbons (Fsp3) is 0.643. The zero-order chi connectivity index (χ0) is 13.8. The monoisotopic (exact) mass is 253 g/mol. The van der Waals surface area contributed by atoms with Crippen molar-refractivity contribution in [3.63, 3.8) is 0 Å². The molecule has 1 unspecified atom stereocenters. The standard InChI is InChI=1S/C14H23NO3/c1-10(2)7-8-14(4,17)9-15-13(16)12-6-5-11(3)18-12/h5-6,10,17H,7-9H2,1-4H3,(H,15,16). The van der Waals surface area contributed by atoms with Crippen LogP contribution in [0, 0.1) is 12.8 Å². The summed E-state index contributed by atoms with van der Waals surface area (Å²) >= 11 is 0. The fourth-order valence-corrected chi connectivity index (χ4v) is 1.60. The van der Waals surface area contributed by atoms with Crippen molar-refractivity contribution in [1.82, 2.24) is 5.32 Å². The predicted molar refractivity (Wildman–Crippen MR) is 70.5 cm³/mol. The van der Waals surface area contributed by atoms with Gasteiger partial charge in [-0.15, -0.1) is 0 Å². The molecule has 1 rings (SSSR count). The summed E-state index contributed by atoms with van der Waals surface area (Å²) in [6.07, 6.45) is 1.60. The number of nitrogens with one attached hydrogen (secondary N) is 1. The summed E-state index contributed by atoms with van der Waals surface area (Å²) < 4.78 is 5.22. The average molecular weight is 253 g/mol. The largest absolute Gasteiger partial charge is 0.456 e. The van der Waals surface area contributed by atoms with Gasteiger partial charge >= 0.3 is 0 Å². The second kappa shape index (κ2) is 6.05. The van der Waals surface area contributed by atoms with E-state index in [-0.39, 0.29) is 18.2 Å². The van der Waals surface area contributed by atoms with E-state index in [0.29, 0.717) is 18.1 Å². The normalized spacial score (nSPS) is 14.6. The van der Waals surface area contributed by atoms with Gasteiger partial charge in [0, 0.05) is 6.54 Å². The molecule has 4 nitrogen and oxygen atoms in total. The van der Waals surface area contributed by atoms with Crippen LogP contribution >= 0.6 is 0 Å². The SMILES string of the molecule is Cc1ccc(C(=O)NCC(C)(O)CCC(C)C)o1. The number of furan rings is 1. The van der Waals surface area contributed by atoms with Gasteiger partial charge in [0.1, 0.15) is 5.76 Å². The first-order chi connectivity index (χ1) is 8.30. The predicted octanol–water partition coefficient (Wildman–Crippen LogP) is 2.51. The van der Waals surface area contributed by atoms with Crippen LogP contribution in [0.5, 0.6) is 0 Å². The highest BCUT2D eigenvalue weighted by Crippen LogP contribution is 2.15. The van der Waals surface area contributed by atoms with Gasteiger partial charge in [-0.05, 0) is 44.7 Å². The van der Waals surface area contributed by atoms with Gasteiger partial charge in [-0.25, -0.2) is 0 Å². The number of hydrogen-bond donors (Lipinski definition) is 2. The molecule has 18 heavy (non-hydrogen) atoms. The third-order valence-electron chi connectivity index (χ3n) is 2.85. The maximum Gasteiger partial charge on any atom is 0.287 e. The van der Waals surface area contributed by atoms with Gasteiger partial charge in [-0.2, -0.15) is 0 Å². The highest BCUT2D eigenvalue weighted by Gasteiger charge is 2.22. The van der Waals surface area contributed by atoms with E-state index in [4.69, 9.17) is 4.42 Å². The van der Waals surface area contributed by atoms with Crippen molar-refractivity contribution in [1.29, 1.82) is 0 Å². The van der Waals surface area contributed by atoms with Crippen molar-refractivity contribution in [3.8, 4) is 0 Å². The maximum atomic E-state index is 11.7. The summed E-state index contributed by atoms with van der Waals surface area (Å²) in [5.74, 6) is 1.24. The van der Waals surface area contributed by atoms with Gasteiger partial charge in [0.2, 0.25) is 0 Å². The number of carbonyl (C=O) groups is 1. The lowest BCUT2D eigenvalue weighted by molar-refractivity contribution is 0.0423. The Labute approximate surface area is 108 Å². The van der Waals surface area contributed by atoms with Crippen LogP contribution in [0.2, 0.25) is 0 Å². The van der Waals surface area contributed by atoms with E-state index in [1.165, 1.54) is 0 Å². The minimum atomic E-state index is -0.873. The summed E-state index contributed by atoms with van der Waals surface area (Å²) in [7, 11) is 0. The van der Waals surface area contributed by atoms with Crippen molar-refractivity contribution >= 4 is 5.91 Å². The number of rotatable bonds is 6. The third kappa shape index (κ3) is 4.92. The molecule has 0 bridgehead atoms. The maximum absolute atomic E-state index is 11.7. The Bertz CT molecular complexity index is 393. The average Bonchev–Trinajstić information content (AvgIpc) is 2.70. The lowest BCUT2D eigenvalue weighted by Crippen LogP contribution is -2.40. The first-order valence-corrected chi connectivity index (χ1v) is 6.37. The number of amides is 1. The summed E-state index contributed by atoms with van der Waals surface area (Å²) in [6, 6.07) is 3.37. The van der Waals surface area contributed by atoms with Crippen LogP contribution in [-0.4, -0.2) is 23.2 Å². The van der Waals surface area contributed by atoms with Crippen LogP contribution in [0.15, 0.2) is 16.5 Å². The van der Waals surface area contributed by atoms with Crippen molar-refractivity contribution in [2.45, 2.75) is 46.1 Å². The topological polar surface area (TPSA) is 62.5 Å². The molecule has 0 radical (unpaired) electrons. The Morgan fingerprint density at radius 1 is 1.50 bits per heavy atom. The minimum absolute atomic E-state index is 0.234. The van der Waals surface area contributed by atoms with Crippen LogP contribution in [0.3, 0.4) is 0 Å². The Hall–Kier alpha value is -1.29. The molecule has 1 aromatic rings. The summed E-state index contributed by atoms with van der Waals surface area (Å²) in [6.45, 7) is 7.98. The van der Waals surface area contributed by atoms with Crippen molar-refractivity contribution in [3.05, 3.63) is 23.7 Å². The molecule has 0 aliphatic rings. The number of carbonyl (C=O) groups excluding carboxylic acids is 1. The molecule has 1 heterocycles. The zero-order valence-electron chi connectivity index (χ0n) is 11.6. The zero-order valence-corrected chi connectivity index (χ0v) is 11.6. The van der Waals surface area contributed by atoms with Gasteiger partial charge in [0.25, 0.3) is 5.91 Å². The number of aliphatic hydroxyl groups is 1. The number of aryl methyl sites for hydroxylation is 1.